The fraction of sp³-hybridized carbons (Fsp3) is 0.200. The standard InChI is InChI=1S/C25H22N2O3/c28-23(26-20-8-5-7-18(14-20)25(29)27-12-3-4-13-27)15-19-16-30-22-11-10-17-6-1-2-9-21(17)24(19)22/h1-2,5-11,14,16H,3-4,12-13,15H2,(H,26,28). The van der Waals surface area contributed by atoms with Crippen LogP contribution in [0, 0.1) is 0 Å². The van der Waals surface area contributed by atoms with Gasteiger partial charge in [0.05, 0.1) is 12.7 Å². The van der Waals surface area contributed by atoms with Crippen molar-refractivity contribution in [2.75, 3.05) is 18.4 Å². The highest BCUT2D eigenvalue weighted by atomic mass is 16.3. The second-order valence-corrected chi connectivity index (χ2v) is 7.73. The Morgan fingerprint density at radius 2 is 1.80 bits per heavy atom. The van der Waals surface area contributed by atoms with Gasteiger partial charge in [0, 0.05) is 35.3 Å². The molecule has 5 heteroatoms. The maximum absolute atomic E-state index is 12.7. The molecule has 30 heavy (non-hydrogen) atoms. The number of benzene rings is 3. The second kappa shape index (κ2) is 7.67. The zero-order valence-corrected chi connectivity index (χ0v) is 16.6. The van der Waals surface area contributed by atoms with Gasteiger partial charge in [0.1, 0.15) is 5.58 Å². The van der Waals surface area contributed by atoms with Gasteiger partial charge in [-0.15, -0.1) is 0 Å². The van der Waals surface area contributed by atoms with Crippen molar-refractivity contribution in [2.45, 2.75) is 19.3 Å². The van der Waals surface area contributed by atoms with E-state index < -0.39 is 0 Å². The van der Waals surface area contributed by atoms with Crippen LogP contribution in [-0.4, -0.2) is 29.8 Å². The van der Waals surface area contributed by atoms with Crippen molar-refractivity contribution in [3.8, 4) is 0 Å². The lowest BCUT2D eigenvalue weighted by Crippen LogP contribution is -2.27. The van der Waals surface area contributed by atoms with Crippen molar-refractivity contribution in [1.82, 2.24) is 4.90 Å². The Bertz CT molecular complexity index is 1250. The van der Waals surface area contributed by atoms with Gasteiger partial charge in [0.15, 0.2) is 0 Å². The summed E-state index contributed by atoms with van der Waals surface area (Å²) in [5.41, 5.74) is 2.86. The molecule has 1 N–H and O–H groups in total. The summed E-state index contributed by atoms with van der Waals surface area (Å²) in [6, 6.07) is 19.2. The largest absolute Gasteiger partial charge is 0.464 e. The molecular formula is C25H22N2O3. The van der Waals surface area contributed by atoms with Crippen molar-refractivity contribution in [2.24, 2.45) is 0 Å². The van der Waals surface area contributed by atoms with Crippen molar-refractivity contribution in [3.05, 3.63) is 78.1 Å². The number of carbonyl (C=O) groups excluding carboxylic acids is 2. The monoisotopic (exact) mass is 398 g/mol. The van der Waals surface area contributed by atoms with Gasteiger partial charge in [-0.25, -0.2) is 0 Å². The smallest absolute Gasteiger partial charge is 0.253 e. The van der Waals surface area contributed by atoms with E-state index in [9.17, 15) is 9.59 Å². The molecule has 0 saturated carbocycles. The van der Waals surface area contributed by atoms with Crippen LogP contribution in [0.1, 0.15) is 28.8 Å². The third-order valence-electron chi connectivity index (χ3n) is 5.68. The van der Waals surface area contributed by atoms with Crippen LogP contribution >= 0.6 is 0 Å². The Morgan fingerprint density at radius 1 is 0.967 bits per heavy atom. The first kappa shape index (κ1) is 18.4. The molecule has 1 aliphatic rings. The molecule has 0 aliphatic carbocycles. The summed E-state index contributed by atoms with van der Waals surface area (Å²) >= 11 is 0. The molecule has 0 radical (unpaired) electrons. The van der Waals surface area contributed by atoms with Crippen molar-refractivity contribution >= 4 is 39.2 Å². The third-order valence-corrected chi connectivity index (χ3v) is 5.68. The molecule has 3 aromatic carbocycles. The first-order valence-corrected chi connectivity index (χ1v) is 10.3. The minimum Gasteiger partial charge on any atom is -0.464 e. The zero-order valence-electron chi connectivity index (χ0n) is 16.6. The number of nitrogens with one attached hydrogen (secondary N) is 1. The first-order valence-electron chi connectivity index (χ1n) is 10.3. The van der Waals surface area contributed by atoms with Gasteiger partial charge < -0.3 is 14.6 Å². The Morgan fingerprint density at radius 3 is 2.67 bits per heavy atom. The molecule has 150 valence electrons. The summed E-state index contributed by atoms with van der Waals surface area (Å²) in [5.74, 6) is -0.118. The number of rotatable bonds is 4. The van der Waals surface area contributed by atoms with E-state index in [1.54, 1.807) is 24.5 Å². The van der Waals surface area contributed by atoms with E-state index in [1.165, 1.54) is 0 Å². The summed E-state index contributed by atoms with van der Waals surface area (Å²) in [6.07, 6.45) is 3.96. The molecule has 1 aromatic heterocycles. The van der Waals surface area contributed by atoms with Gasteiger partial charge in [-0.05, 0) is 47.9 Å². The Balaban J connectivity index is 1.36. The summed E-state index contributed by atoms with van der Waals surface area (Å²) in [4.78, 5) is 27.2. The highest BCUT2D eigenvalue weighted by Gasteiger charge is 2.20. The van der Waals surface area contributed by atoms with Gasteiger partial charge in [0.25, 0.3) is 5.91 Å². The number of hydrogen-bond acceptors (Lipinski definition) is 3. The molecule has 5 nitrogen and oxygen atoms in total. The van der Waals surface area contributed by atoms with Crippen LogP contribution in [0.5, 0.6) is 0 Å². The van der Waals surface area contributed by atoms with Gasteiger partial charge in [-0.3, -0.25) is 9.59 Å². The number of carbonyl (C=O) groups is 2. The Hall–Kier alpha value is -3.60. The number of likely N-dealkylation sites (tertiary alicyclic amines) is 1. The van der Waals surface area contributed by atoms with E-state index >= 15 is 0 Å². The molecule has 2 amide bonds. The van der Waals surface area contributed by atoms with E-state index in [1.807, 2.05) is 41.3 Å². The summed E-state index contributed by atoms with van der Waals surface area (Å²) < 4.78 is 5.69. The van der Waals surface area contributed by atoms with Crippen LogP contribution in [0.25, 0.3) is 21.7 Å². The van der Waals surface area contributed by atoms with Crippen LogP contribution in [-0.2, 0) is 11.2 Å². The molecule has 0 atom stereocenters. The van der Waals surface area contributed by atoms with E-state index in [2.05, 4.69) is 11.4 Å². The van der Waals surface area contributed by atoms with E-state index in [0.29, 0.717) is 11.3 Å². The van der Waals surface area contributed by atoms with Gasteiger partial charge in [-0.1, -0.05) is 36.4 Å². The highest BCUT2D eigenvalue weighted by Crippen LogP contribution is 2.30. The molecular weight excluding hydrogens is 376 g/mol. The van der Waals surface area contributed by atoms with Crippen molar-refractivity contribution < 1.29 is 14.0 Å². The van der Waals surface area contributed by atoms with Crippen molar-refractivity contribution in [1.29, 1.82) is 0 Å². The lowest BCUT2D eigenvalue weighted by molar-refractivity contribution is -0.115. The number of amides is 2. The van der Waals surface area contributed by atoms with Gasteiger partial charge in [-0.2, -0.15) is 0 Å². The van der Waals surface area contributed by atoms with Crippen LogP contribution in [0.4, 0.5) is 5.69 Å². The van der Waals surface area contributed by atoms with Crippen LogP contribution < -0.4 is 5.32 Å². The van der Waals surface area contributed by atoms with Gasteiger partial charge in [0.2, 0.25) is 5.91 Å². The Kier molecular flexibility index (Phi) is 4.71. The third kappa shape index (κ3) is 3.43. The molecule has 0 spiro atoms. The average Bonchev–Trinajstić information content (AvgIpc) is 3.44. The second-order valence-electron chi connectivity index (χ2n) is 7.73. The fourth-order valence-electron chi connectivity index (χ4n) is 4.22. The minimum absolute atomic E-state index is 0.0240. The lowest BCUT2D eigenvalue weighted by atomic mass is 10.0. The summed E-state index contributed by atoms with van der Waals surface area (Å²) in [7, 11) is 0. The molecule has 1 saturated heterocycles. The zero-order chi connectivity index (χ0) is 20.5. The number of anilines is 1. The molecule has 2 heterocycles. The molecule has 0 bridgehead atoms. The van der Waals surface area contributed by atoms with Crippen LogP contribution in [0.2, 0.25) is 0 Å². The average molecular weight is 398 g/mol. The number of nitrogens with zero attached hydrogens (tertiary/aromatic N) is 1. The molecule has 0 unspecified atom stereocenters. The van der Waals surface area contributed by atoms with E-state index in [4.69, 9.17) is 4.42 Å². The van der Waals surface area contributed by atoms with Crippen LogP contribution in [0.3, 0.4) is 0 Å². The molecule has 5 rings (SSSR count). The lowest BCUT2D eigenvalue weighted by Gasteiger charge is -2.15. The predicted molar refractivity (Wildman–Crippen MR) is 118 cm³/mol. The highest BCUT2D eigenvalue weighted by molar-refractivity contribution is 6.09. The summed E-state index contributed by atoms with van der Waals surface area (Å²) in [5, 5.41) is 6.09. The summed E-state index contributed by atoms with van der Waals surface area (Å²) in [6.45, 7) is 1.61. The molecule has 1 fully saturated rings. The van der Waals surface area contributed by atoms with Crippen molar-refractivity contribution in [3.63, 3.8) is 0 Å². The number of hydrogen-bond donors (Lipinski definition) is 1. The maximum atomic E-state index is 12.7. The maximum Gasteiger partial charge on any atom is 0.253 e. The SMILES string of the molecule is O=C(Cc1coc2ccc3ccccc3c12)Nc1cccc(C(=O)N2CCCC2)c1. The Labute approximate surface area is 174 Å². The van der Waals surface area contributed by atoms with E-state index in [0.717, 1.165) is 53.2 Å². The fourth-order valence-corrected chi connectivity index (χ4v) is 4.22. The van der Waals surface area contributed by atoms with Crippen LogP contribution in [0.15, 0.2) is 71.3 Å². The molecule has 4 aromatic rings. The topological polar surface area (TPSA) is 62.6 Å². The number of furan rings is 1. The minimum atomic E-state index is -0.142. The van der Waals surface area contributed by atoms with E-state index in [-0.39, 0.29) is 18.2 Å². The normalized spacial score (nSPS) is 13.8. The number of fused-ring (bicyclic) bond motifs is 3. The predicted octanol–water partition coefficient (Wildman–Crippen LogP) is 5.00. The first-order chi connectivity index (χ1) is 14.7. The quantitative estimate of drug-likeness (QED) is 0.526. The van der Waals surface area contributed by atoms with Gasteiger partial charge >= 0.3 is 0 Å². The molecule has 1 aliphatic heterocycles.